The molecule has 136 valence electrons. The van der Waals surface area contributed by atoms with Crippen LogP contribution in [0.3, 0.4) is 0 Å². The highest BCUT2D eigenvalue weighted by molar-refractivity contribution is 5.68. The van der Waals surface area contributed by atoms with Crippen LogP contribution in [0.2, 0.25) is 0 Å². The van der Waals surface area contributed by atoms with Gasteiger partial charge in [-0.15, -0.1) is 0 Å². The largest absolute Gasteiger partial charge is 0.433 e. The van der Waals surface area contributed by atoms with Gasteiger partial charge in [-0.25, -0.2) is 19.5 Å². The van der Waals surface area contributed by atoms with E-state index in [1.54, 1.807) is 34.9 Å². The highest BCUT2D eigenvalue weighted by Crippen LogP contribution is 2.29. The molecule has 26 heavy (non-hydrogen) atoms. The maximum atomic E-state index is 13.0. The zero-order valence-corrected chi connectivity index (χ0v) is 14.0. The van der Waals surface area contributed by atoms with Crippen LogP contribution < -0.4 is 9.80 Å². The second kappa shape index (κ2) is 6.11. The SMILES string of the molecule is Cc1cc(C(F)(F)F)nc(N2CCN(c3nccn4nccc34)CC2)n1. The van der Waals surface area contributed by atoms with Gasteiger partial charge in [0.25, 0.3) is 0 Å². The molecule has 0 bridgehead atoms. The molecule has 0 N–H and O–H groups in total. The Morgan fingerprint density at radius 3 is 2.46 bits per heavy atom. The van der Waals surface area contributed by atoms with E-state index in [4.69, 9.17) is 0 Å². The maximum Gasteiger partial charge on any atom is 0.433 e. The van der Waals surface area contributed by atoms with Crippen LogP contribution >= 0.6 is 0 Å². The molecule has 0 unspecified atom stereocenters. The van der Waals surface area contributed by atoms with Crippen molar-refractivity contribution in [3.63, 3.8) is 0 Å². The molecule has 0 radical (unpaired) electrons. The van der Waals surface area contributed by atoms with Crippen molar-refractivity contribution in [3.8, 4) is 0 Å². The van der Waals surface area contributed by atoms with Gasteiger partial charge in [0, 0.05) is 44.3 Å². The number of nitrogens with zero attached hydrogens (tertiary/aromatic N) is 7. The molecule has 1 aliphatic rings. The van der Waals surface area contributed by atoms with Crippen molar-refractivity contribution < 1.29 is 13.2 Å². The van der Waals surface area contributed by atoms with Gasteiger partial charge in [-0.2, -0.15) is 18.3 Å². The van der Waals surface area contributed by atoms with Crippen molar-refractivity contribution >= 4 is 17.3 Å². The average molecular weight is 363 g/mol. The Hall–Kier alpha value is -2.91. The summed E-state index contributed by atoms with van der Waals surface area (Å²) in [6.45, 7) is 3.78. The summed E-state index contributed by atoms with van der Waals surface area (Å²) < 4.78 is 40.7. The first kappa shape index (κ1) is 16.6. The number of anilines is 2. The molecule has 4 rings (SSSR count). The number of aryl methyl sites for hydroxylation is 1. The van der Waals surface area contributed by atoms with Crippen LogP contribution in [0.1, 0.15) is 11.4 Å². The highest BCUT2D eigenvalue weighted by atomic mass is 19.4. The number of aromatic nitrogens is 5. The number of fused-ring (bicyclic) bond motifs is 1. The number of rotatable bonds is 2. The summed E-state index contributed by atoms with van der Waals surface area (Å²) in [5, 5.41) is 4.19. The second-order valence-electron chi connectivity index (χ2n) is 6.08. The number of halogens is 3. The van der Waals surface area contributed by atoms with Gasteiger partial charge >= 0.3 is 6.18 Å². The van der Waals surface area contributed by atoms with Crippen LogP contribution in [0, 0.1) is 6.92 Å². The molecule has 0 aromatic carbocycles. The summed E-state index contributed by atoms with van der Waals surface area (Å²) in [6.07, 6.45) is 0.678. The Morgan fingerprint density at radius 1 is 1.00 bits per heavy atom. The fourth-order valence-electron chi connectivity index (χ4n) is 3.04. The molecule has 3 aromatic heterocycles. The van der Waals surface area contributed by atoms with Gasteiger partial charge in [0.15, 0.2) is 5.82 Å². The first-order valence-corrected chi connectivity index (χ1v) is 8.13. The number of alkyl halides is 3. The van der Waals surface area contributed by atoms with Gasteiger partial charge in [0.1, 0.15) is 11.2 Å². The first-order chi connectivity index (χ1) is 12.4. The highest BCUT2D eigenvalue weighted by Gasteiger charge is 2.34. The Kier molecular flexibility index (Phi) is 3.89. The van der Waals surface area contributed by atoms with E-state index in [1.165, 1.54) is 0 Å². The van der Waals surface area contributed by atoms with Crippen molar-refractivity contribution in [1.82, 2.24) is 24.6 Å². The predicted octanol–water partition coefficient (Wildman–Crippen LogP) is 2.17. The van der Waals surface area contributed by atoms with Crippen LogP contribution in [-0.2, 0) is 6.18 Å². The third-order valence-corrected chi connectivity index (χ3v) is 4.30. The lowest BCUT2D eigenvalue weighted by molar-refractivity contribution is -0.141. The third kappa shape index (κ3) is 3.02. The van der Waals surface area contributed by atoms with Gasteiger partial charge in [-0.1, -0.05) is 0 Å². The average Bonchev–Trinajstić information content (AvgIpc) is 3.09. The van der Waals surface area contributed by atoms with E-state index in [9.17, 15) is 13.2 Å². The van der Waals surface area contributed by atoms with Gasteiger partial charge in [-0.3, -0.25) is 0 Å². The van der Waals surface area contributed by atoms with E-state index >= 15 is 0 Å². The molecule has 0 atom stereocenters. The van der Waals surface area contributed by atoms with Gasteiger partial charge < -0.3 is 9.80 Å². The van der Waals surface area contributed by atoms with Crippen LogP contribution in [0.25, 0.3) is 5.52 Å². The van der Waals surface area contributed by atoms with Crippen molar-refractivity contribution in [2.24, 2.45) is 0 Å². The molecule has 10 heteroatoms. The lowest BCUT2D eigenvalue weighted by Gasteiger charge is -2.35. The molecule has 0 amide bonds. The van der Waals surface area contributed by atoms with E-state index < -0.39 is 11.9 Å². The number of piperazine rings is 1. The molecular weight excluding hydrogens is 347 g/mol. The van der Waals surface area contributed by atoms with Crippen molar-refractivity contribution in [3.05, 3.63) is 42.1 Å². The second-order valence-corrected chi connectivity index (χ2v) is 6.08. The summed E-state index contributed by atoms with van der Waals surface area (Å²) >= 11 is 0. The standard InChI is InChI=1S/C16H16F3N7/c1-11-10-13(16(17,18)19)23-15(22-11)25-8-6-24(7-9-25)14-12-2-3-21-26(12)5-4-20-14/h2-5,10H,6-9H2,1H3. The van der Waals surface area contributed by atoms with E-state index in [1.807, 2.05) is 6.07 Å². The summed E-state index contributed by atoms with van der Waals surface area (Å²) in [7, 11) is 0. The Morgan fingerprint density at radius 2 is 1.73 bits per heavy atom. The van der Waals surface area contributed by atoms with E-state index in [0.717, 1.165) is 17.4 Å². The minimum atomic E-state index is -4.48. The maximum absolute atomic E-state index is 13.0. The minimum absolute atomic E-state index is 0.118. The molecule has 0 saturated carbocycles. The van der Waals surface area contributed by atoms with Crippen molar-refractivity contribution in [1.29, 1.82) is 0 Å². The van der Waals surface area contributed by atoms with E-state index in [0.29, 0.717) is 31.9 Å². The number of hydrogen-bond donors (Lipinski definition) is 0. The molecule has 0 aliphatic carbocycles. The normalized spacial score (nSPS) is 15.7. The minimum Gasteiger partial charge on any atom is -0.351 e. The molecule has 7 nitrogen and oxygen atoms in total. The Balaban J connectivity index is 1.54. The quantitative estimate of drug-likeness (QED) is 0.695. The van der Waals surface area contributed by atoms with Gasteiger partial charge in [0.2, 0.25) is 5.95 Å². The van der Waals surface area contributed by atoms with Crippen LogP contribution in [0.15, 0.2) is 30.7 Å². The van der Waals surface area contributed by atoms with Crippen molar-refractivity contribution in [2.75, 3.05) is 36.0 Å². The first-order valence-electron chi connectivity index (χ1n) is 8.13. The molecule has 0 spiro atoms. The van der Waals surface area contributed by atoms with Gasteiger partial charge in [0.05, 0.1) is 6.20 Å². The summed E-state index contributed by atoms with van der Waals surface area (Å²) in [4.78, 5) is 16.2. The molecule has 1 saturated heterocycles. The Bertz CT molecular complexity index is 929. The molecule has 1 aliphatic heterocycles. The molecule has 1 fully saturated rings. The smallest absolute Gasteiger partial charge is 0.351 e. The van der Waals surface area contributed by atoms with E-state index in [2.05, 4.69) is 25.0 Å². The molecule has 4 heterocycles. The van der Waals surface area contributed by atoms with Crippen LogP contribution in [0.5, 0.6) is 0 Å². The fraction of sp³-hybridized carbons (Fsp3) is 0.375. The number of hydrogen-bond acceptors (Lipinski definition) is 6. The third-order valence-electron chi connectivity index (χ3n) is 4.30. The zero-order valence-electron chi connectivity index (χ0n) is 14.0. The topological polar surface area (TPSA) is 62.5 Å². The zero-order chi connectivity index (χ0) is 18.3. The summed E-state index contributed by atoms with van der Waals surface area (Å²) in [5.74, 6) is 0.929. The van der Waals surface area contributed by atoms with E-state index in [-0.39, 0.29) is 5.95 Å². The van der Waals surface area contributed by atoms with Crippen LogP contribution in [-0.4, -0.2) is 50.7 Å². The summed E-state index contributed by atoms with van der Waals surface area (Å²) in [5.41, 5.74) is 0.288. The summed E-state index contributed by atoms with van der Waals surface area (Å²) in [6, 6.07) is 2.85. The predicted molar refractivity (Wildman–Crippen MR) is 89.2 cm³/mol. The molecule has 3 aromatic rings. The van der Waals surface area contributed by atoms with Gasteiger partial charge in [-0.05, 0) is 19.1 Å². The fourth-order valence-corrected chi connectivity index (χ4v) is 3.04. The Labute approximate surface area is 147 Å². The monoisotopic (exact) mass is 363 g/mol. The van der Waals surface area contributed by atoms with Crippen LogP contribution in [0.4, 0.5) is 24.9 Å². The lowest BCUT2D eigenvalue weighted by Crippen LogP contribution is -2.47. The lowest BCUT2D eigenvalue weighted by atomic mass is 10.3. The molecular formula is C16H16F3N7. The van der Waals surface area contributed by atoms with Crippen molar-refractivity contribution in [2.45, 2.75) is 13.1 Å².